The van der Waals surface area contributed by atoms with E-state index in [0.717, 1.165) is 4.88 Å². The number of ether oxygens (including phenoxy) is 1. The molecule has 0 aliphatic heterocycles. The second-order valence-corrected chi connectivity index (χ2v) is 6.24. The Kier molecular flexibility index (Phi) is 5.36. The molecule has 0 amide bonds. The lowest BCUT2D eigenvalue weighted by molar-refractivity contribution is -0.137. The van der Waals surface area contributed by atoms with E-state index in [4.69, 9.17) is 4.74 Å². The van der Waals surface area contributed by atoms with Crippen molar-refractivity contribution in [1.29, 1.82) is 0 Å². The number of benzene rings is 2. The zero-order chi connectivity index (χ0) is 17.6. The molecule has 5 heteroatoms. The predicted octanol–water partition coefficient (Wildman–Crippen LogP) is 5.31. The van der Waals surface area contributed by atoms with E-state index in [1.165, 1.54) is 35.6 Å². The van der Waals surface area contributed by atoms with Crippen LogP contribution in [0.15, 0.2) is 66.0 Å². The van der Waals surface area contributed by atoms with Crippen LogP contribution >= 0.6 is 11.3 Å². The van der Waals surface area contributed by atoms with Crippen molar-refractivity contribution in [1.82, 2.24) is 0 Å². The first-order valence-electron chi connectivity index (χ1n) is 7.54. The van der Waals surface area contributed by atoms with Crippen LogP contribution in [-0.4, -0.2) is 5.97 Å². The van der Waals surface area contributed by atoms with Gasteiger partial charge in [-0.15, -0.1) is 11.3 Å². The minimum absolute atomic E-state index is 0.0469. The van der Waals surface area contributed by atoms with Crippen molar-refractivity contribution in [3.63, 3.8) is 0 Å². The van der Waals surface area contributed by atoms with Gasteiger partial charge in [-0.05, 0) is 52.9 Å². The van der Waals surface area contributed by atoms with Crippen molar-refractivity contribution in [2.45, 2.75) is 6.61 Å². The second kappa shape index (κ2) is 7.85. The van der Waals surface area contributed by atoms with Gasteiger partial charge in [0.2, 0.25) is 0 Å². The summed E-state index contributed by atoms with van der Waals surface area (Å²) in [5, 5.41) is 1.86. The third kappa shape index (κ3) is 4.61. The van der Waals surface area contributed by atoms with Crippen LogP contribution in [0.3, 0.4) is 0 Å². The van der Waals surface area contributed by atoms with Crippen molar-refractivity contribution >= 4 is 29.0 Å². The molecule has 0 unspecified atom stereocenters. The third-order valence-corrected chi connectivity index (χ3v) is 4.37. The standard InChI is InChI=1S/C20H14F2O2S/c21-16-7-3-14(4-8-16)12-18(19-2-1-11-25-19)20(23)24-13-15-5-9-17(22)10-6-15/h1-12H,13H2. The molecule has 0 fully saturated rings. The van der Waals surface area contributed by atoms with E-state index in [1.807, 2.05) is 17.5 Å². The summed E-state index contributed by atoms with van der Waals surface area (Å²) in [5.74, 6) is -1.17. The van der Waals surface area contributed by atoms with Crippen LogP contribution in [0.2, 0.25) is 0 Å². The lowest BCUT2D eigenvalue weighted by Crippen LogP contribution is -2.06. The van der Waals surface area contributed by atoms with Gasteiger partial charge in [-0.25, -0.2) is 13.6 Å². The fourth-order valence-electron chi connectivity index (χ4n) is 2.20. The highest BCUT2D eigenvalue weighted by molar-refractivity contribution is 7.11. The van der Waals surface area contributed by atoms with Crippen LogP contribution in [0.1, 0.15) is 16.0 Å². The summed E-state index contributed by atoms with van der Waals surface area (Å²) in [6.45, 7) is 0.0469. The predicted molar refractivity (Wildman–Crippen MR) is 94.8 cm³/mol. The van der Waals surface area contributed by atoms with Gasteiger partial charge < -0.3 is 4.74 Å². The fraction of sp³-hybridized carbons (Fsp3) is 0.0500. The van der Waals surface area contributed by atoms with Crippen LogP contribution in [-0.2, 0) is 16.1 Å². The molecule has 0 bridgehead atoms. The Labute approximate surface area is 148 Å². The van der Waals surface area contributed by atoms with Crippen molar-refractivity contribution in [3.05, 3.63) is 93.7 Å². The van der Waals surface area contributed by atoms with Gasteiger partial charge in [0.1, 0.15) is 18.2 Å². The zero-order valence-corrected chi connectivity index (χ0v) is 13.9. The Morgan fingerprint density at radius 1 is 0.960 bits per heavy atom. The van der Waals surface area contributed by atoms with Gasteiger partial charge in [0.05, 0.1) is 5.57 Å². The molecule has 0 aliphatic carbocycles. The number of halogens is 2. The molecule has 25 heavy (non-hydrogen) atoms. The Hall–Kier alpha value is -2.79. The molecule has 0 radical (unpaired) electrons. The second-order valence-electron chi connectivity index (χ2n) is 5.29. The van der Waals surface area contributed by atoms with Gasteiger partial charge in [-0.3, -0.25) is 0 Å². The number of carbonyl (C=O) groups is 1. The molecule has 0 saturated carbocycles. The first kappa shape index (κ1) is 17.0. The first-order valence-corrected chi connectivity index (χ1v) is 8.42. The molecule has 2 nitrogen and oxygen atoms in total. The van der Waals surface area contributed by atoms with Crippen molar-refractivity contribution < 1.29 is 18.3 Å². The van der Waals surface area contributed by atoms with Gasteiger partial charge in [-0.2, -0.15) is 0 Å². The maximum absolute atomic E-state index is 13.1. The van der Waals surface area contributed by atoms with Crippen LogP contribution in [0, 0.1) is 11.6 Å². The molecule has 1 heterocycles. The number of hydrogen-bond acceptors (Lipinski definition) is 3. The van der Waals surface area contributed by atoms with Crippen LogP contribution < -0.4 is 0 Å². The van der Waals surface area contributed by atoms with E-state index in [-0.39, 0.29) is 18.2 Å². The highest BCUT2D eigenvalue weighted by Crippen LogP contribution is 2.25. The van der Waals surface area contributed by atoms with Gasteiger partial charge in [-0.1, -0.05) is 30.3 Å². The molecule has 126 valence electrons. The number of thiophene rings is 1. The number of rotatable bonds is 5. The molecule has 0 atom stereocenters. The van der Waals surface area contributed by atoms with Crippen LogP contribution in [0.4, 0.5) is 8.78 Å². The Balaban J connectivity index is 1.80. The summed E-state index contributed by atoms with van der Waals surface area (Å²) in [6.07, 6.45) is 1.66. The van der Waals surface area contributed by atoms with E-state index in [1.54, 1.807) is 30.3 Å². The van der Waals surface area contributed by atoms with E-state index in [9.17, 15) is 13.6 Å². The molecule has 3 rings (SSSR count). The molecule has 0 spiro atoms. The van der Waals surface area contributed by atoms with Crippen molar-refractivity contribution in [2.75, 3.05) is 0 Å². The molecule has 3 aromatic rings. The first-order chi connectivity index (χ1) is 12.1. The molecule has 0 N–H and O–H groups in total. The molecule has 0 aliphatic rings. The highest BCUT2D eigenvalue weighted by atomic mass is 32.1. The normalized spacial score (nSPS) is 11.4. The average Bonchev–Trinajstić information content (AvgIpc) is 3.15. The summed E-state index contributed by atoms with van der Waals surface area (Å²) < 4.78 is 31.3. The molecule has 2 aromatic carbocycles. The Morgan fingerprint density at radius 2 is 1.60 bits per heavy atom. The average molecular weight is 356 g/mol. The van der Waals surface area contributed by atoms with Crippen LogP contribution in [0.25, 0.3) is 11.6 Å². The number of esters is 1. The number of carbonyl (C=O) groups excluding carboxylic acids is 1. The SMILES string of the molecule is O=C(OCc1ccc(F)cc1)C(=Cc1ccc(F)cc1)c1cccs1. The third-order valence-electron chi connectivity index (χ3n) is 3.47. The quantitative estimate of drug-likeness (QED) is 0.457. The van der Waals surface area contributed by atoms with Crippen molar-refractivity contribution in [2.24, 2.45) is 0 Å². The largest absolute Gasteiger partial charge is 0.457 e. The Bertz CT molecular complexity index is 867. The summed E-state index contributed by atoms with van der Waals surface area (Å²) in [7, 11) is 0. The minimum Gasteiger partial charge on any atom is -0.457 e. The molecule has 0 saturated heterocycles. The van der Waals surface area contributed by atoms with Gasteiger partial charge in [0.15, 0.2) is 0 Å². The summed E-state index contributed by atoms with van der Waals surface area (Å²) in [6, 6.07) is 15.3. The van der Waals surface area contributed by atoms with Gasteiger partial charge in [0.25, 0.3) is 0 Å². The summed E-state index contributed by atoms with van der Waals surface area (Å²) in [4.78, 5) is 13.3. The number of hydrogen-bond donors (Lipinski definition) is 0. The van der Waals surface area contributed by atoms with E-state index in [2.05, 4.69) is 0 Å². The lowest BCUT2D eigenvalue weighted by Gasteiger charge is -2.08. The maximum atomic E-state index is 13.1. The highest BCUT2D eigenvalue weighted by Gasteiger charge is 2.15. The topological polar surface area (TPSA) is 26.3 Å². The van der Waals surface area contributed by atoms with E-state index < -0.39 is 5.97 Å². The van der Waals surface area contributed by atoms with E-state index in [0.29, 0.717) is 16.7 Å². The van der Waals surface area contributed by atoms with Crippen molar-refractivity contribution in [3.8, 4) is 0 Å². The summed E-state index contributed by atoms with van der Waals surface area (Å²) >= 11 is 1.41. The lowest BCUT2D eigenvalue weighted by atomic mass is 10.1. The minimum atomic E-state index is -0.490. The molecule has 1 aromatic heterocycles. The molecular weight excluding hydrogens is 342 g/mol. The maximum Gasteiger partial charge on any atom is 0.339 e. The summed E-state index contributed by atoms with van der Waals surface area (Å²) in [5.41, 5.74) is 1.79. The van der Waals surface area contributed by atoms with E-state index >= 15 is 0 Å². The smallest absolute Gasteiger partial charge is 0.339 e. The Morgan fingerprint density at radius 3 is 2.20 bits per heavy atom. The van der Waals surface area contributed by atoms with Gasteiger partial charge in [0, 0.05) is 4.88 Å². The monoisotopic (exact) mass is 356 g/mol. The van der Waals surface area contributed by atoms with Crippen LogP contribution in [0.5, 0.6) is 0 Å². The van der Waals surface area contributed by atoms with Gasteiger partial charge >= 0.3 is 5.97 Å². The zero-order valence-electron chi connectivity index (χ0n) is 13.1. The molecular formula is C20H14F2O2S. The fourth-order valence-corrected chi connectivity index (χ4v) is 2.93.